The second kappa shape index (κ2) is 10.0. The van der Waals surface area contributed by atoms with Crippen molar-refractivity contribution in [2.45, 2.75) is 45.4 Å². The third-order valence-electron chi connectivity index (χ3n) is 4.66. The molecule has 1 saturated heterocycles. The number of nitrogens with one attached hydrogen (secondary N) is 1. The summed E-state index contributed by atoms with van der Waals surface area (Å²) in [4.78, 5) is 14.2. The first kappa shape index (κ1) is 21.8. The number of carbonyl (C=O) groups is 1. The second-order valence-corrected chi connectivity index (χ2v) is 7.78. The van der Waals surface area contributed by atoms with Gasteiger partial charge in [-0.2, -0.15) is 0 Å². The minimum Gasteiger partial charge on any atom is -0.494 e. The molecule has 0 bridgehead atoms. The summed E-state index contributed by atoms with van der Waals surface area (Å²) in [7, 11) is 1.97. The molecule has 0 saturated carbocycles. The molecule has 1 N–H and O–H groups in total. The van der Waals surface area contributed by atoms with Crippen molar-refractivity contribution in [3.8, 4) is 5.75 Å². The first-order valence-corrected chi connectivity index (χ1v) is 9.06. The van der Waals surface area contributed by atoms with Crippen LogP contribution < -0.4 is 10.1 Å². The van der Waals surface area contributed by atoms with E-state index in [1.54, 1.807) is 0 Å². The van der Waals surface area contributed by atoms with Crippen LogP contribution in [-0.4, -0.2) is 44.1 Å². The van der Waals surface area contributed by atoms with Crippen LogP contribution in [0.4, 0.5) is 0 Å². The highest BCUT2D eigenvalue weighted by Gasteiger charge is 2.25. The van der Waals surface area contributed by atoms with E-state index < -0.39 is 0 Å². The minimum atomic E-state index is 0. The van der Waals surface area contributed by atoms with Gasteiger partial charge >= 0.3 is 0 Å². The molecule has 0 aliphatic carbocycles. The molecular weight excluding hydrogens is 336 g/mol. The maximum absolute atomic E-state index is 12.2. The Kier molecular flexibility index (Phi) is 8.74. The molecule has 1 fully saturated rings. The molecule has 0 spiro atoms. The molecule has 1 aromatic rings. The molecule has 1 aliphatic rings. The number of hydrogen-bond donors (Lipinski definition) is 1. The Morgan fingerprint density at radius 3 is 2.56 bits per heavy atom. The third-order valence-corrected chi connectivity index (χ3v) is 4.66. The monoisotopic (exact) mass is 368 g/mol. The molecule has 1 atom stereocenters. The molecule has 1 amide bonds. The molecule has 142 valence electrons. The zero-order valence-electron chi connectivity index (χ0n) is 16.0. The molecule has 1 aliphatic heterocycles. The Morgan fingerprint density at radius 1 is 1.28 bits per heavy atom. The van der Waals surface area contributed by atoms with E-state index in [2.05, 4.69) is 38.2 Å². The van der Waals surface area contributed by atoms with E-state index in [0.29, 0.717) is 18.9 Å². The Balaban J connectivity index is 0.00000312. The van der Waals surface area contributed by atoms with E-state index in [4.69, 9.17) is 4.74 Å². The van der Waals surface area contributed by atoms with Crippen LogP contribution in [0.15, 0.2) is 24.3 Å². The van der Waals surface area contributed by atoms with Crippen molar-refractivity contribution in [3.05, 3.63) is 29.8 Å². The van der Waals surface area contributed by atoms with Gasteiger partial charge in [-0.15, -0.1) is 12.4 Å². The van der Waals surface area contributed by atoms with Gasteiger partial charge in [0.15, 0.2) is 0 Å². The molecule has 4 nitrogen and oxygen atoms in total. The summed E-state index contributed by atoms with van der Waals surface area (Å²) in [6.07, 6.45) is 2.46. The standard InChI is InChI=1S/C20H32N2O2.ClH/c1-20(2,3)17-7-9-18(10-8-17)24-13-5-6-19(23)22-12-11-16(15-22)14-21-4;/h7-10,16,21H,5-6,11-15H2,1-4H3;1H. The van der Waals surface area contributed by atoms with Gasteiger partial charge in [-0.25, -0.2) is 0 Å². The molecule has 0 aromatic heterocycles. The highest BCUT2D eigenvalue weighted by atomic mass is 35.5. The SMILES string of the molecule is CNCC1CCN(C(=O)CCCOc2ccc(C(C)(C)C)cc2)C1.Cl. The first-order chi connectivity index (χ1) is 11.4. The number of ether oxygens (including phenoxy) is 1. The zero-order chi connectivity index (χ0) is 17.6. The van der Waals surface area contributed by atoms with Crippen LogP contribution in [-0.2, 0) is 10.2 Å². The number of rotatable bonds is 7. The maximum atomic E-state index is 12.2. The Bertz CT molecular complexity index is 525. The van der Waals surface area contributed by atoms with Crippen LogP contribution in [0.5, 0.6) is 5.75 Å². The van der Waals surface area contributed by atoms with Crippen molar-refractivity contribution >= 4 is 18.3 Å². The van der Waals surface area contributed by atoms with Gasteiger partial charge in [0.1, 0.15) is 5.75 Å². The average molecular weight is 369 g/mol. The van der Waals surface area contributed by atoms with Crippen LogP contribution in [0, 0.1) is 5.92 Å². The summed E-state index contributed by atoms with van der Waals surface area (Å²) in [5.41, 5.74) is 1.46. The summed E-state index contributed by atoms with van der Waals surface area (Å²) in [5, 5.41) is 3.19. The van der Waals surface area contributed by atoms with Crippen LogP contribution in [0.3, 0.4) is 0 Å². The summed E-state index contributed by atoms with van der Waals surface area (Å²) in [6.45, 7) is 10.00. The Labute approximate surface area is 158 Å². The third kappa shape index (κ3) is 6.87. The molecular formula is C20H33ClN2O2. The number of amides is 1. The predicted octanol–water partition coefficient (Wildman–Crippen LogP) is 3.63. The second-order valence-electron chi connectivity index (χ2n) is 7.78. The topological polar surface area (TPSA) is 41.6 Å². The molecule has 25 heavy (non-hydrogen) atoms. The molecule has 1 unspecified atom stereocenters. The number of nitrogens with zero attached hydrogens (tertiary/aromatic N) is 1. The fourth-order valence-corrected chi connectivity index (χ4v) is 3.14. The van der Waals surface area contributed by atoms with Gasteiger partial charge in [0.2, 0.25) is 5.91 Å². The van der Waals surface area contributed by atoms with Crippen molar-refractivity contribution in [1.29, 1.82) is 0 Å². The van der Waals surface area contributed by atoms with Gasteiger partial charge in [-0.3, -0.25) is 4.79 Å². The average Bonchev–Trinajstić information content (AvgIpc) is 3.00. The lowest BCUT2D eigenvalue weighted by atomic mass is 9.87. The van der Waals surface area contributed by atoms with Crippen LogP contribution in [0.25, 0.3) is 0 Å². The van der Waals surface area contributed by atoms with Crippen molar-refractivity contribution in [1.82, 2.24) is 10.2 Å². The lowest BCUT2D eigenvalue weighted by Gasteiger charge is -2.19. The van der Waals surface area contributed by atoms with E-state index in [9.17, 15) is 4.79 Å². The number of likely N-dealkylation sites (tertiary alicyclic amines) is 1. The number of benzene rings is 1. The maximum Gasteiger partial charge on any atom is 0.222 e. The van der Waals surface area contributed by atoms with E-state index in [1.165, 1.54) is 5.56 Å². The number of halogens is 1. The van der Waals surface area contributed by atoms with E-state index in [-0.39, 0.29) is 23.7 Å². The Morgan fingerprint density at radius 2 is 1.96 bits per heavy atom. The van der Waals surface area contributed by atoms with Gasteiger partial charge in [0.25, 0.3) is 0 Å². The van der Waals surface area contributed by atoms with Crippen LogP contribution in [0.2, 0.25) is 0 Å². The zero-order valence-corrected chi connectivity index (χ0v) is 16.8. The summed E-state index contributed by atoms with van der Waals surface area (Å²) < 4.78 is 5.77. The highest BCUT2D eigenvalue weighted by Crippen LogP contribution is 2.24. The Hall–Kier alpha value is -1.26. The van der Waals surface area contributed by atoms with Gasteiger partial charge in [-0.1, -0.05) is 32.9 Å². The summed E-state index contributed by atoms with van der Waals surface area (Å²) in [6, 6.07) is 8.27. The number of hydrogen-bond acceptors (Lipinski definition) is 3. The van der Waals surface area contributed by atoms with E-state index in [1.807, 2.05) is 24.1 Å². The van der Waals surface area contributed by atoms with Crippen molar-refractivity contribution < 1.29 is 9.53 Å². The van der Waals surface area contributed by atoms with Crippen LogP contribution in [0.1, 0.15) is 45.6 Å². The fourth-order valence-electron chi connectivity index (χ4n) is 3.14. The van der Waals surface area contributed by atoms with Gasteiger partial charge in [-0.05, 0) is 55.5 Å². The van der Waals surface area contributed by atoms with E-state index >= 15 is 0 Å². The normalized spacial score (nSPS) is 17.3. The molecule has 0 radical (unpaired) electrons. The lowest BCUT2D eigenvalue weighted by Crippen LogP contribution is -2.30. The molecule has 1 heterocycles. The first-order valence-electron chi connectivity index (χ1n) is 9.06. The largest absolute Gasteiger partial charge is 0.494 e. The van der Waals surface area contributed by atoms with Gasteiger partial charge in [0, 0.05) is 19.5 Å². The van der Waals surface area contributed by atoms with Crippen LogP contribution >= 0.6 is 12.4 Å². The van der Waals surface area contributed by atoms with Crippen molar-refractivity contribution in [2.24, 2.45) is 5.92 Å². The van der Waals surface area contributed by atoms with Gasteiger partial charge < -0.3 is 15.0 Å². The van der Waals surface area contributed by atoms with Crippen molar-refractivity contribution in [3.63, 3.8) is 0 Å². The minimum absolute atomic E-state index is 0. The van der Waals surface area contributed by atoms with Gasteiger partial charge in [0.05, 0.1) is 6.61 Å². The quantitative estimate of drug-likeness (QED) is 0.747. The van der Waals surface area contributed by atoms with E-state index in [0.717, 1.165) is 38.2 Å². The number of carbonyl (C=O) groups excluding carboxylic acids is 1. The fraction of sp³-hybridized carbons (Fsp3) is 0.650. The molecule has 1 aromatic carbocycles. The summed E-state index contributed by atoms with van der Waals surface area (Å²) >= 11 is 0. The molecule has 5 heteroatoms. The molecule has 2 rings (SSSR count). The van der Waals surface area contributed by atoms with Crippen molar-refractivity contribution in [2.75, 3.05) is 33.3 Å². The highest BCUT2D eigenvalue weighted by molar-refractivity contribution is 5.85. The predicted molar refractivity (Wildman–Crippen MR) is 106 cm³/mol. The smallest absolute Gasteiger partial charge is 0.222 e. The summed E-state index contributed by atoms with van der Waals surface area (Å²) in [5.74, 6) is 1.75. The lowest BCUT2D eigenvalue weighted by molar-refractivity contribution is -0.130.